The molecule has 0 aliphatic carbocycles. The molecule has 19 rings (SSSR count). The molecule has 0 bridgehead atoms. The van der Waals surface area contributed by atoms with E-state index in [0.717, 1.165) is 95.0 Å². The molecule has 448 valence electrons. The molecule has 5 nitrogen and oxygen atoms in total. The average Bonchev–Trinajstić information content (AvgIpc) is 1.49. The third-order valence-electron chi connectivity index (χ3n) is 18.6. The fourth-order valence-corrected chi connectivity index (χ4v) is 15.1. The van der Waals surface area contributed by atoms with E-state index in [9.17, 15) is 0 Å². The first kappa shape index (κ1) is 56.3. The SMILES string of the molecule is c1ccc(-c2cc(-c3c(-c4ccc(-c5ccc6ccc7ccccc7c6c5)cc4)ccc4c3oc3ccccc34)nc(-c3ccccc3)n2)cc1.c1ccc(-c2cc(-c3c(-c4ccc5ccc6ccccc6c5c4)ccc4c3sc3ccccc34)nc(-c3ccccc3)n2)cc1. The average molecular weight is 1240 g/mol. The lowest BCUT2D eigenvalue weighted by atomic mass is 9.92. The Bertz CT molecular complexity index is 6070. The monoisotopic (exact) mass is 1240 g/mol. The van der Waals surface area contributed by atoms with Gasteiger partial charge in [0.05, 0.1) is 28.3 Å². The molecule has 0 aliphatic rings. The molecule has 0 saturated heterocycles. The van der Waals surface area contributed by atoms with E-state index in [1.165, 1.54) is 85.5 Å². The minimum Gasteiger partial charge on any atom is -0.455 e. The third-order valence-corrected chi connectivity index (χ3v) is 19.8. The quantitative estimate of drug-likeness (QED) is 0.135. The number of thiophene rings is 1. The van der Waals surface area contributed by atoms with Crippen LogP contribution in [-0.2, 0) is 0 Å². The first-order valence-electron chi connectivity index (χ1n) is 32.4. The van der Waals surface area contributed by atoms with Crippen molar-refractivity contribution in [2.45, 2.75) is 0 Å². The predicted octanol–water partition coefficient (Wildman–Crippen LogP) is 24.8. The standard InChI is InChI=1S/C48H30N2O.C42H26N2S/c1-3-12-35(13-4-1)43-30-44(50-48(49-43)36-14-5-2-6-15-36)46-39(27-28-41-40-17-9-10-18-45(40)51-47(41)46)33-21-19-31(20-22-33)37-26-25-34-24-23-32-11-7-8-16-38(32)42(34)29-37;1-3-12-29(13-4-1)37-26-38(44-42(43-37)30-14-5-2-6-15-30)40-33(23-24-35-34-17-9-10-18-39(34)45-41(35)40)31-22-21-28-20-19-27-11-7-8-16-32(27)36(28)25-31/h1-30H;1-26H. The third kappa shape index (κ3) is 10.2. The van der Waals surface area contributed by atoms with Crippen molar-refractivity contribution >= 4 is 96.5 Å². The Morgan fingerprint density at radius 1 is 0.229 bits per heavy atom. The maximum atomic E-state index is 6.70. The molecule has 0 atom stereocenters. The second-order valence-corrected chi connectivity index (χ2v) is 25.4. The topological polar surface area (TPSA) is 64.7 Å². The minimum absolute atomic E-state index is 0.671. The second kappa shape index (κ2) is 23.9. The summed E-state index contributed by atoms with van der Waals surface area (Å²) in [6, 6.07) is 120. The molecule has 4 heterocycles. The first-order chi connectivity index (χ1) is 47.6. The first-order valence-corrected chi connectivity index (χ1v) is 33.2. The number of furan rings is 1. The van der Waals surface area contributed by atoms with Crippen LogP contribution in [0.3, 0.4) is 0 Å². The van der Waals surface area contributed by atoms with E-state index in [1.807, 2.05) is 84.1 Å². The lowest BCUT2D eigenvalue weighted by molar-refractivity contribution is 0.670. The summed E-state index contributed by atoms with van der Waals surface area (Å²) in [5.74, 6) is 1.39. The summed E-state index contributed by atoms with van der Waals surface area (Å²) >= 11 is 1.84. The lowest BCUT2D eigenvalue weighted by Crippen LogP contribution is -1.97. The van der Waals surface area contributed by atoms with Gasteiger partial charge >= 0.3 is 0 Å². The van der Waals surface area contributed by atoms with E-state index in [-0.39, 0.29) is 0 Å². The smallest absolute Gasteiger partial charge is 0.160 e. The highest BCUT2D eigenvalue weighted by atomic mass is 32.1. The summed E-state index contributed by atoms with van der Waals surface area (Å²) in [5.41, 5.74) is 18.2. The van der Waals surface area contributed by atoms with Gasteiger partial charge in [0, 0.05) is 58.8 Å². The summed E-state index contributed by atoms with van der Waals surface area (Å²) in [5, 5.41) is 14.7. The largest absolute Gasteiger partial charge is 0.455 e. The number of rotatable bonds is 9. The van der Waals surface area contributed by atoms with Crippen LogP contribution in [0, 0.1) is 0 Å². The summed E-state index contributed by atoms with van der Waals surface area (Å²) in [4.78, 5) is 20.7. The molecule has 19 aromatic rings. The van der Waals surface area contributed by atoms with Crippen LogP contribution in [0.15, 0.2) is 344 Å². The predicted molar refractivity (Wildman–Crippen MR) is 403 cm³/mol. The van der Waals surface area contributed by atoms with Crippen molar-refractivity contribution < 1.29 is 4.42 Å². The molecule has 4 aromatic heterocycles. The van der Waals surface area contributed by atoms with Crippen LogP contribution < -0.4 is 0 Å². The second-order valence-electron chi connectivity index (χ2n) is 24.3. The van der Waals surface area contributed by atoms with Crippen LogP contribution in [0.5, 0.6) is 0 Å². The van der Waals surface area contributed by atoms with Gasteiger partial charge in [-0.1, -0.05) is 297 Å². The molecule has 0 N–H and O–H groups in total. The maximum Gasteiger partial charge on any atom is 0.160 e. The molecule has 0 aliphatic heterocycles. The molecular weight excluding hydrogens is 1190 g/mol. The van der Waals surface area contributed by atoms with Crippen molar-refractivity contribution in [1.82, 2.24) is 19.9 Å². The van der Waals surface area contributed by atoms with Gasteiger partial charge in [0.2, 0.25) is 0 Å². The Morgan fingerprint density at radius 2 is 0.635 bits per heavy atom. The van der Waals surface area contributed by atoms with Gasteiger partial charge in [-0.05, 0) is 119 Å². The van der Waals surface area contributed by atoms with Crippen LogP contribution in [0.4, 0.5) is 0 Å². The zero-order chi connectivity index (χ0) is 63.5. The molecule has 0 saturated carbocycles. The Balaban J connectivity index is 0.000000141. The number of benzene rings is 15. The van der Waals surface area contributed by atoms with Gasteiger partial charge in [0.1, 0.15) is 11.2 Å². The Hall–Kier alpha value is -12.5. The van der Waals surface area contributed by atoms with E-state index < -0.39 is 0 Å². The summed E-state index contributed by atoms with van der Waals surface area (Å²) in [7, 11) is 0. The van der Waals surface area contributed by atoms with Crippen LogP contribution in [0.25, 0.3) is 186 Å². The summed E-state index contributed by atoms with van der Waals surface area (Å²) < 4.78 is 9.21. The van der Waals surface area contributed by atoms with Crippen LogP contribution in [-0.4, -0.2) is 19.9 Å². The van der Waals surface area contributed by atoms with Crippen molar-refractivity contribution in [3.8, 4) is 101 Å². The highest BCUT2D eigenvalue weighted by Crippen LogP contribution is 2.47. The van der Waals surface area contributed by atoms with E-state index in [0.29, 0.717) is 5.82 Å². The Morgan fingerprint density at radius 3 is 1.22 bits per heavy atom. The van der Waals surface area contributed by atoms with E-state index in [1.54, 1.807) is 0 Å². The van der Waals surface area contributed by atoms with E-state index in [4.69, 9.17) is 24.4 Å². The molecule has 0 spiro atoms. The summed E-state index contributed by atoms with van der Waals surface area (Å²) in [6.07, 6.45) is 0. The minimum atomic E-state index is 0.671. The van der Waals surface area contributed by atoms with Crippen molar-refractivity contribution in [2.24, 2.45) is 0 Å². The zero-order valence-corrected chi connectivity index (χ0v) is 52.8. The van der Waals surface area contributed by atoms with Crippen LogP contribution >= 0.6 is 11.3 Å². The fourth-order valence-electron chi connectivity index (χ4n) is 13.9. The molecule has 0 radical (unpaired) electrons. The molecule has 0 unspecified atom stereocenters. The number of nitrogens with zero attached hydrogens (tertiary/aromatic N) is 4. The number of fused-ring (bicyclic) bond motifs is 12. The van der Waals surface area contributed by atoms with Gasteiger partial charge in [-0.3, -0.25) is 0 Å². The molecule has 96 heavy (non-hydrogen) atoms. The van der Waals surface area contributed by atoms with Crippen molar-refractivity contribution in [1.29, 1.82) is 0 Å². The van der Waals surface area contributed by atoms with Gasteiger partial charge in [0.25, 0.3) is 0 Å². The molecule has 15 aromatic carbocycles. The van der Waals surface area contributed by atoms with Gasteiger partial charge < -0.3 is 4.42 Å². The normalized spacial score (nSPS) is 11.5. The van der Waals surface area contributed by atoms with Gasteiger partial charge in [0.15, 0.2) is 11.6 Å². The van der Waals surface area contributed by atoms with Crippen molar-refractivity contribution in [3.63, 3.8) is 0 Å². The van der Waals surface area contributed by atoms with E-state index in [2.05, 4.69) is 267 Å². The molecular formula is C90H56N4OS. The number of hydrogen-bond acceptors (Lipinski definition) is 6. The molecule has 6 heteroatoms. The Kier molecular flexibility index (Phi) is 14.0. The maximum absolute atomic E-state index is 6.70. The molecule has 0 fully saturated rings. The van der Waals surface area contributed by atoms with Gasteiger partial charge in [-0.25, -0.2) is 19.9 Å². The zero-order valence-electron chi connectivity index (χ0n) is 51.9. The van der Waals surface area contributed by atoms with Crippen LogP contribution in [0.1, 0.15) is 0 Å². The fraction of sp³-hybridized carbons (Fsp3) is 0. The lowest BCUT2D eigenvalue weighted by Gasteiger charge is -2.15. The van der Waals surface area contributed by atoms with E-state index >= 15 is 0 Å². The highest BCUT2D eigenvalue weighted by Gasteiger charge is 2.23. The van der Waals surface area contributed by atoms with Gasteiger partial charge in [-0.2, -0.15) is 0 Å². The summed E-state index contributed by atoms with van der Waals surface area (Å²) in [6.45, 7) is 0. The van der Waals surface area contributed by atoms with Crippen molar-refractivity contribution in [2.75, 3.05) is 0 Å². The number of para-hydroxylation sites is 1. The molecule has 0 amide bonds. The van der Waals surface area contributed by atoms with Gasteiger partial charge in [-0.15, -0.1) is 11.3 Å². The van der Waals surface area contributed by atoms with Crippen molar-refractivity contribution in [3.05, 3.63) is 340 Å². The number of hydrogen-bond donors (Lipinski definition) is 0. The Labute approximate surface area is 558 Å². The van der Waals surface area contributed by atoms with Crippen LogP contribution in [0.2, 0.25) is 0 Å². The highest BCUT2D eigenvalue weighted by molar-refractivity contribution is 7.26. The number of aromatic nitrogens is 4.